The normalized spacial score (nSPS) is 22.4. The summed E-state index contributed by atoms with van der Waals surface area (Å²) in [4.78, 5) is 16.3. The summed E-state index contributed by atoms with van der Waals surface area (Å²) in [6.45, 7) is 15.0. The lowest BCUT2D eigenvalue weighted by atomic mass is 9.77. The molecule has 1 fully saturated rings. The Hall–Kier alpha value is -1.53. The molecule has 136 valence electrons. The number of fused-ring (bicyclic) bond motifs is 1. The molecule has 0 bridgehead atoms. The first kappa shape index (κ1) is 18.3. The first-order valence-corrected chi connectivity index (χ1v) is 8.87. The molecule has 0 atom stereocenters. The lowest BCUT2D eigenvalue weighted by molar-refractivity contribution is 0.00578. The lowest BCUT2D eigenvalue weighted by Crippen LogP contribution is -2.54. The van der Waals surface area contributed by atoms with Gasteiger partial charge in [-0.25, -0.2) is 4.79 Å². The van der Waals surface area contributed by atoms with E-state index in [-0.39, 0.29) is 29.9 Å². The van der Waals surface area contributed by atoms with Gasteiger partial charge in [0.15, 0.2) is 0 Å². The van der Waals surface area contributed by atoms with Crippen LogP contribution in [0.5, 0.6) is 0 Å². The number of rotatable bonds is 1. The number of benzene rings is 1. The van der Waals surface area contributed by atoms with Crippen molar-refractivity contribution in [2.24, 2.45) is 0 Å². The Morgan fingerprint density at radius 1 is 1.08 bits per heavy atom. The topological polar surface area (TPSA) is 42.0 Å². The molecule has 0 unspecified atom stereocenters. The maximum Gasteiger partial charge on any atom is 0.494 e. The molecule has 1 saturated heterocycles. The number of urea groups is 1. The van der Waals surface area contributed by atoms with Gasteiger partial charge in [0.2, 0.25) is 0 Å². The average molecular weight is 344 g/mol. The fourth-order valence-corrected chi connectivity index (χ4v) is 3.32. The van der Waals surface area contributed by atoms with Crippen LogP contribution in [0.3, 0.4) is 0 Å². The molecule has 1 aromatic carbocycles. The minimum absolute atomic E-state index is 0.0309. The van der Waals surface area contributed by atoms with Crippen LogP contribution in [-0.4, -0.2) is 41.8 Å². The van der Waals surface area contributed by atoms with Crippen LogP contribution in [0.15, 0.2) is 18.2 Å². The summed E-state index contributed by atoms with van der Waals surface area (Å²) in [6.07, 6.45) is 0. The van der Waals surface area contributed by atoms with Crippen molar-refractivity contribution in [3.8, 4) is 0 Å². The number of amides is 2. The standard InChI is InChI=1S/C19H29BN2O3/c1-17(2,3)22-15-10-9-14(11-13(15)12-21(8)16(22)23)20-24-18(4,5)19(6,7)25-20/h9-11H,12H2,1-8H3. The highest BCUT2D eigenvalue weighted by atomic mass is 16.7. The van der Waals surface area contributed by atoms with E-state index in [4.69, 9.17) is 9.31 Å². The fourth-order valence-electron chi connectivity index (χ4n) is 3.32. The predicted molar refractivity (Wildman–Crippen MR) is 101 cm³/mol. The van der Waals surface area contributed by atoms with Crippen molar-refractivity contribution in [1.82, 2.24) is 4.90 Å². The second-order valence-corrected chi connectivity index (χ2v) is 9.12. The highest BCUT2D eigenvalue weighted by Gasteiger charge is 2.52. The van der Waals surface area contributed by atoms with E-state index in [0.29, 0.717) is 6.54 Å². The molecule has 0 spiro atoms. The zero-order valence-corrected chi connectivity index (χ0v) is 16.6. The zero-order chi connectivity index (χ0) is 18.8. The van der Waals surface area contributed by atoms with Gasteiger partial charge < -0.3 is 14.2 Å². The van der Waals surface area contributed by atoms with E-state index in [1.165, 1.54) is 0 Å². The summed E-state index contributed by atoms with van der Waals surface area (Å²) in [5.74, 6) is 0. The van der Waals surface area contributed by atoms with Crippen molar-refractivity contribution >= 4 is 24.3 Å². The Morgan fingerprint density at radius 3 is 2.16 bits per heavy atom. The minimum atomic E-state index is -0.388. The van der Waals surface area contributed by atoms with Crippen molar-refractivity contribution < 1.29 is 14.1 Å². The molecule has 0 N–H and O–H groups in total. The maximum absolute atomic E-state index is 12.6. The highest BCUT2D eigenvalue weighted by molar-refractivity contribution is 6.62. The Kier molecular flexibility index (Phi) is 4.01. The third-order valence-electron chi connectivity index (χ3n) is 5.47. The molecule has 1 aromatic rings. The number of hydrogen-bond donors (Lipinski definition) is 0. The van der Waals surface area contributed by atoms with Gasteiger partial charge in [-0.3, -0.25) is 4.90 Å². The van der Waals surface area contributed by atoms with E-state index in [0.717, 1.165) is 16.7 Å². The predicted octanol–water partition coefficient (Wildman–Crippen LogP) is 3.16. The maximum atomic E-state index is 12.6. The summed E-state index contributed by atoms with van der Waals surface area (Å²) in [6, 6.07) is 6.17. The average Bonchev–Trinajstić information content (AvgIpc) is 2.67. The molecular weight excluding hydrogens is 315 g/mol. The van der Waals surface area contributed by atoms with Crippen LogP contribution >= 0.6 is 0 Å². The van der Waals surface area contributed by atoms with Crippen LogP contribution in [0.1, 0.15) is 54.0 Å². The van der Waals surface area contributed by atoms with E-state index >= 15 is 0 Å². The molecule has 2 aliphatic heterocycles. The Labute approximate surface area is 151 Å². The van der Waals surface area contributed by atoms with Gasteiger partial charge in [-0.05, 0) is 65.6 Å². The molecule has 2 aliphatic rings. The third kappa shape index (κ3) is 2.95. The third-order valence-corrected chi connectivity index (χ3v) is 5.47. The van der Waals surface area contributed by atoms with Crippen LogP contribution in [0, 0.1) is 0 Å². The summed E-state index contributed by atoms with van der Waals surface area (Å²) < 4.78 is 12.3. The number of nitrogens with zero attached hydrogens (tertiary/aromatic N) is 2. The van der Waals surface area contributed by atoms with Crippen LogP contribution in [-0.2, 0) is 15.9 Å². The number of carbonyl (C=O) groups excluding carboxylic acids is 1. The summed E-state index contributed by atoms with van der Waals surface area (Å²) in [5, 5.41) is 0. The van der Waals surface area contributed by atoms with E-state index in [9.17, 15) is 4.79 Å². The number of hydrogen-bond acceptors (Lipinski definition) is 3. The molecule has 2 amide bonds. The molecule has 6 heteroatoms. The van der Waals surface area contributed by atoms with Crippen LogP contribution in [0.4, 0.5) is 10.5 Å². The molecule has 5 nitrogen and oxygen atoms in total. The van der Waals surface area contributed by atoms with Gasteiger partial charge in [-0.1, -0.05) is 12.1 Å². The molecular formula is C19H29BN2O3. The van der Waals surface area contributed by atoms with Gasteiger partial charge in [0, 0.05) is 19.1 Å². The van der Waals surface area contributed by atoms with Gasteiger partial charge in [0.05, 0.1) is 16.9 Å². The molecule has 2 heterocycles. The van der Waals surface area contributed by atoms with Gasteiger partial charge in [-0.2, -0.15) is 0 Å². The van der Waals surface area contributed by atoms with Crippen molar-refractivity contribution in [3.05, 3.63) is 23.8 Å². The summed E-state index contributed by atoms with van der Waals surface area (Å²) in [5.41, 5.74) is 2.07. The highest BCUT2D eigenvalue weighted by Crippen LogP contribution is 2.37. The van der Waals surface area contributed by atoms with Crippen molar-refractivity contribution in [1.29, 1.82) is 0 Å². The Morgan fingerprint density at radius 2 is 1.64 bits per heavy atom. The van der Waals surface area contributed by atoms with Gasteiger partial charge in [0.25, 0.3) is 0 Å². The van der Waals surface area contributed by atoms with Crippen LogP contribution in [0.25, 0.3) is 0 Å². The molecule has 25 heavy (non-hydrogen) atoms. The van der Waals surface area contributed by atoms with E-state index in [1.807, 2.05) is 24.1 Å². The smallest absolute Gasteiger partial charge is 0.399 e. The number of anilines is 1. The van der Waals surface area contributed by atoms with Crippen molar-refractivity contribution in [2.75, 3.05) is 11.9 Å². The van der Waals surface area contributed by atoms with Crippen molar-refractivity contribution in [3.63, 3.8) is 0 Å². The van der Waals surface area contributed by atoms with Crippen LogP contribution in [0.2, 0.25) is 0 Å². The molecule has 0 radical (unpaired) electrons. The van der Waals surface area contributed by atoms with E-state index in [2.05, 4.69) is 54.5 Å². The molecule has 3 rings (SSSR count). The molecule has 0 aromatic heterocycles. The van der Waals surface area contributed by atoms with E-state index < -0.39 is 0 Å². The zero-order valence-electron chi connectivity index (χ0n) is 16.6. The van der Waals surface area contributed by atoms with Gasteiger partial charge in [0.1, 0.15) is 0 Å². The first-order valence-electron chi connectivity index (χ1n) is 8.87. The van der Waals surface area contributed by atoms with Gasteiger partial charge in [-0.15, -0.1) is 0 Å². The largest absolute Gasteiger partial charge is 0.494 e. The Bertz CT molecular complexity index is 693. The van der Waals surface area contributed by atoms with Crippen LogP contribution < -0.4 is 10.4 Å². The summed E-state index contributed by atoms with van der Waals surface area (Å²) in [7, 11) is 1.45. The number of carbonyl (C=O) groups is 1. The second kappa shape index (κ2) is 5.48. The lowest BCUT2D eigenvalue weighted by Gasteiger charge is -2.43. The van der Waals surface area contributed by atoms with E-state index in [1.54, 1.807) is 4.90 Å². The SMILES string of the molecule is CN1Cc2cc(B3OC(C)(C)C(C)(C)O3)ccc2N(C(C)(C)C)C1=O. The quantitative estimate of drug-likeness (QED) is 0.735. The fraction of sp³-hybridized carbons (Fsp3) is 0.632. The molecule has 0 saturated carbocycles. The molecule has 0 aliphatic carbocycles. The summed E-state index contributed by atoms with van der Waals surface area (Å²) >= 11 is 0. The second-order valence-electron chi connectivity index (χ2n) is 9.12. The Balaban J connectivity index is 1.99. The van der Waals surface area contributed by atoms with Gasteiger partial charge >= 0.3 is 13.1 Å². The van der Waals surface area contributed by atoms with Crippen molar-refractivity contribution in [2.45, 2.75) is 71.8 Å². The monoisotopic (exact) mass is 344 g/mol. The first-order chi connectivity index (χ1) is 11.3. The minimum Gasteiger partial charge on any atom is -0.399 e.